The third-order valence-corrected chi connectivity index (χ3v) is 5.00. The fourth-order valence-corrected chi connectivity index (χ4v) is 3.55. The molecule has 1 amide bonds. The Morgan fingerprint density at radius 2 is 2.08 bits per heavy atom. The van der Waals surface area contributed by atoms with Crippen molar-refractivity contribution in [2.24, 2.45) is 5.92 Å². The molecular formula is C17H21N7O2. The van der Waals surface area contributed by atoms with Crippen LogP contribution < -0.4 is 5.69 Å². The van der Waals surface area contributed by atoms with E-state index < -0.39 is 0 Å². The summed E-state index contributed by atoms with van der Waals surface area (Å²) >= 11 is 0. The Labute approximate surface area is 149 Å². The zero-order valence-corrected chi connectivity index (χ0v) is 14.6. The van der Waals surface area contributed by atoms with E-state index in [0.29, 0.717) is 25.5 Å². The fourth-order valence-electron chi connectivity index (χ4n) is 3.55. The minimum atomic E-state index is -0.285. The molecule has 3 aromatic rings. The first kappa shape index (κ1) is 16.5. The summed E-state index contributed by atoms with van der Waals surface area (Å²) in [6.07, 6.45) is 1.59. The smallest absolute Gasteiger partial charge is 0.340 e. The zero-order chi connectivity index (χ0) is 18.1. The van der Waals surface area contributed by atoms with Gasteiger partial charge in [-0.15, -0.1) is 5.10 Å². The number of hydrogen-bond acceptors (Lipinski definition) is 5. The lowest BCUT2D eigenvalue weighted by atomic mass is 9.95. The third kappa shape index (κ3) is 3.12. The van der Waals surface area contributed by atoms with E-state index in [1.165, 1.54) is 0 Å². The van der Waals surface area contributed by atoms with E-state index >= 15 is 0 Å². The summed E-state index contributed by atoms with van der Waals surface area (Å²) in [7, 11) is 0. The average molecular weight is 355 g/mol. The first-order valence-electron chi connectivity index (χ1n) is 8.83. The van der Waals surface area contributed by atoms with E-state index in [1.807, 2.05) is 36.1 Å². The molecule has 4 rings (SSSR count). The quantitative estimate of drug-likeness (QED) is 0.721. The molecule has 2 aromatic heterocycles. The molecule has 1 unspecified atom stereocenters. The van der Waals surface area contributed by atoms with Gasteiger partial charge in [0.2, 0.25) is 5.91 Å². The molecule has 26 heavy (non-hydrogen) atoms. The van der Waals surface area contributed by atoms with E-state index in [4.69, 9.17) is 0 Å². The van der Waals surface area contributed by atoms with Gasteiger partial charge in [0.25, 0.3) is 0 Å². The number of nitrogens with zero attached hydrogens (tertiary/aromatic N) is 5. The van der Waals surface area contributed by atoms with Crippen LogP contribution in [0.1, 0.15) is 31.5 Å². The number of hydrogen-bond donors (Lipinski definition) is 2. The summed E-state index contributed by atoms with van der Waals surface area (Å²) < 4.78 is 1.79. The van der Waals surface area contributed by atoms with E-state index in [0.717, 1.165) is 23.9 Å². The number of likely N-dealkylation sites (tertiary alicyclic amines) is 1. The van der Waals surface area contributed by atoms with Crippen molar-refractivity contribution in [1.29, 1.82) is 0 Å². The molecule has 9 nitrogen and oxygen atoms in total. The number of benzene rings is 1. The lowest BCUT2D eigenvalue weighted by molar-refractivity contribution is -0.136. The van der Waals surface area contributed by atoms with Gasteiger partial charge in [0.1, 0.15) is 11.3 Å². The van der Waals surface area contributed by atoms with Crippen LogP contribution in [0, 0.1) is 5.92 Å². The summed E-state index contributed by atoms with van der Waals surface area (Å²) in [5.74, 6) is 0.817. The lowest BCUT2D eigenvalue weighted by Gasteiger charge is -2.32. The monoisotopic (exact) mass is 355 g/mol. The van der Waals surface area contributed by atoms with E-state index in [-0.39, 0.29) is 23.4 Å². The Bertz CT molecular complexity index is 965. The molecule has 136 valence electrons. The Morgan fingerprint density at radius 1 is 1.31 bits per heavy atom. The molecule has 9 heteroatoms. The van der Waals surface area contributed by atoms with E-state index in [9.17, 15) is 9.59 Å². The van der Waals surface area contributed by atoms with Gasteiger partial charge in [0, 0.05) is 19.0 Å². The number of nitrogens with one attached hydrogen (secondary N) is 2. The SMILES string of the molecule is CC(Cn1nnc2ccccc21)C(=O)N1CCC(c2n[nH]c(=O)[nH]2)CC1. The van der Waals surface area contributed by atoms with Crippen molar-refractivity contribution >= 4 is 16.9 Å². The Morgan fingerprint density at radius 3 is 2.81 bits per heavy atom. The van der Waals surface area contributed by atoms with Crippen molar-refractivity contribution in [3.8, 4) is 0 Å². The van der Waals surface area contributed by atoms with Crippen LogP contribution >= 0.6 is 0 Å². The maximum Gasteiger partial charge on any atom is 0.340 e. The number of para-hydroxylation sites is 1. The van der Waals surface area contributed by atoms with Gasteiger partial charge in [-0.1, -0.05) is 24.3 Å². The van der Waals surface area contributed by atoms with Gasteiger partial charge in [-0.05, 0) is 25.0 Å². The van der Waals surface area contributed by atoms with Gasteiger partial charge in [0.05, 0.1) is 18.0 Å². The van der Waals surface area contributed by atoms with Gasteiger partial charge < -0.3 is 4.90 Å². The summed E-state index contributed by atoms with van der Waals surface area (Å²) in [5.41, 5.74) is 1.49. The number of aromatic amines is 2. The molecule has 0 saturated carbocycles. The number of amides is 1. The molecule has 0 radical (unpaired) electrons. The number of carbonyl (C=O) groups excluding carboxylic acids is 1. The number of piperidine rings is 1. The Kier molecular flexibility index (Phi) is 4.27. The molecule has 1 aromatic carbocycles. The minimum Gasteiger partial charge on any atom is -0.342 e. The zero-order valence-electron chi connectivity index (χ0n) is 14.6. The van der Waals surface area contributed by atoms with Crippen LogP contribution in [0.2, 0.25) is 0 Å². The first-order chi connectivity index (χ1) is 12.6. The van der Waals surface area contributed by atoms with Crippen LogP contribution in [0.5, 0.6) is 0 Å². The van der Waals surface area contributed by atoms with Crippen molar-refractivity contribution in [2.75, 3.05) is 13.1 Å². The van der Waals surface area contributed by atoms with Crippen LogP contribution in [0.15, 0.2) is 29.1 Å². The highest BCUT2D eigenvalue weighted by atomic mass is 16.2. The van der Waals surface area contributed by atoms with Crippen LogP contribution in [0.3, 0.4) is 0 Å². The second-order valence-electron chi connectivity index (χ2n) is 6.82. The largest absolute Gasteiger partial charge is 0.342 e. The second kappa shape index (κ2) is 6.74. The Hall–Kier alpha value is -2.97. The maximum atomic E-state index is 12.8. The normalized spacial score (nSPS) is 16.9. The lowest BCUT2D eigenvalue weighted by Crippen LogP contribution is -2.41. The van der Waals surface area contributed by atoms with Crippen LogP contribution in [0.25, 0.3) is 11.0 Å². The van der Waals surface area contributed by atoms with Gasteiger partial charge in [0.15, 0.2) is 0 Å². The molecular weight excluding hydrogens is 334 g/mol. The number of H-pyrrole nitrogens is 2. The molecule has 0 spiro atoms. The number of fused-ring (bicyclic) bond motifs is 1. The highest BCUT2D eigenvalue weighted by molar-refractivity contribution is 5.79. The minimum absolute atomic E-state index is 0.124. The third-order valence-electron chi connectivity index (χ3n) is 5.00. The molecule has 1 fully saturated rings. The molecule has 3 heterocycles. The predicted octanol–water partition coefficient (Wildman–Crippen LogP) is 0.885. The summed E-state index contributed by atoms with van der Waals surface area (Å²) in [6.45, 7) is 3.77. The Balaban J connectivity index is 1.38. The summed E-state index contributed by atoms with van der Waals surface area (Å²) in [6, 6.07) is 7.74. The predicted molar refractivity (Wildman–Crippen MR) is 94.5 cm³/mol. The van der Waals surface area contributed by atoms with Crippen molar-refractivity contribution < 1.29 is 4.79 Å². The van der Waals surface area contributed by atoms with Gasteiger partial charge >= 0.3 is 5.69 Å². The van der Waals surface area contributed by atoms with Crippen LogP contribution in [-0.2, 0) is 11.3 Å². The summed E-state index contributed by atoms with van der Waals surface area (Å²) in [5, 5.41) is 14.7. The van der Waals surface area contributed by atoms with Crippen molar-refractivity contribution in [1.82, 2.24) is 35.1 Å². The van der Waals surface area contributed by atoms with E-state index in [2.05, 4.69) is 25.5 Å². The molecule has 2 N–H and O–H groups in total. The molecule has 1 saturated heterocycles. The molecule has 0 bridgehead atoms. The van der Waals surface area contributed by atoms with Crippen LogP contribution in [-0.4, -0.2) is 54.1 Å². The van der Waals surface area contributed by atoms with Crippen LogP contribution in [0.4, 0.5) is 0 Å². The van der Waals surface area contributed by atoms with Crippen molar-refractivity contribution in [3.63, 3.8) is 0 Å². The number of rotatable bonds is 4. The highest BCUT2D eigenvalue weighted by Crippen LogP contribution is 2.25. The summed E-state index contributed by atoms with van der Waals surface area (Å²) in [4.78, 5) is 28.6. The number of aromatic nitrogens is 6. The average Bonchev–Trinajstić information content (AvgIpc) is 3.28. The first-order valence-corrected chi connectivity index (χ1v) is 8.83. The standard InChI is InChI=1S/C17H21N7O2/c1-11(10-24-14-5-3-2-4-13(14)19-22-24)16(25)23-8-6-12(7-9-23)15-18-17(26)21-20-15/h2-5,11-12H,6-10H2,1H3,(H2,18,20,21,26). The highest BCUT2D eigenvalue weighted by Gasteiger charge is 2.28. The maximum absolute atomic E-state index is 12.8. The van der Waals surface area contributed by atoms with Crippen molar-refractivity contribution in [3.05, 3.63) is 40.6 Å². The molecule has 1 aliphatic rings. The fraction of sp³-hybridized carbons (Fsp3) is 0.471. The second-order valence-corrected chi connectivity index (χ2v) is 6.82. The van der Waals surface area contributed by atoms with Gasteiger partial charge in [-0.2, -0.15) is 5.10 Å². The topological polar surface area (TPSA) is 113 Å². The van der Waals surface area contributed by atoms with Gasteiger partial charge in [-0.25, -0.2) is 14.6 Å². The molecule has 0 aliphatic carbocycles. The molecule has 1 aliphatic heterocycles. The molecule has 1 atom stereocenters. The number of carbonyl (C=O) groups is 1. The van der Waals surface area contributed by atoms with Crippen molar-refractivity contribution in [2.45, 2.75) is 32.2 Å². The van der Waals surface area contributed by atoms with E-state index in [1.54, 1.807) is 4.68 Å². The van der Waals surface area contributed by atoms with Gasteiger partial charge in [-0.3, -0.25) is 9.78 Å².